The molecule has 1 aliphatic heterocycles. The monoisotopic (exact) mass is 565 g/mol. The first-order valence-electron chi connectivity index (χ1n) is 12.5. The minimum Gasteiger partial charge on any atom is -0.507 e. The highest BCUT2D eigenvalue weighted by Crippen LogP contribution is 2.51. The summed E-state index contributed by atoms with van der Waals surface area (Å²) in [6.07, 6.45) is 15.9. The molecule has 3 rings (SSSR count). The Morgan fingerprint density at radius 1 is 0.970 bits per heavy atom. The fourth-order valence-electron chi connectivity index (χ4n) is 4.92. The standard InChI is InChI=1S/C27H37NO3.CH3I/c1-3-5-7-9-10-12-21-18-23(29)26-24(19-21)31-25(30)20-27(26,15-11-8-6-4-2)22-13-16-28-17-14-22;1-2/h13-14,16-19,29H,3-12,15,20H2,1-2H3;1H3. The van der Waals surface area contributed by atoms with Crippen LogP contribution in [-0.4, -0.2) is 21.0 Å². The van der Waals surface area contributed by atoms with E-state index in [-0.39, 0.29) is 18.1 Å². The number of aryl methyl sites for hydroxylation is 1. The van der Waals surface area contributed by atoms with Crippen LogP contribution in [0.3, 0.4) is 0 Å². The number of halogens is 1. The number of pyridine rings is 1. The lowest BCUT2D eigenvalue weighted by Crippen LogP contribution is -2.37. The van der Waals surface area contributed by atoms with Gasteiger partial charge in [-0.05, 0) is 59.6 Å². The van der Waals surface area contributed by atoms with Crippen molar-refractivity contribution in [2.45, 2.75) is 96.3 Å². The van der Waals surface area contributed by atoms with Crippen LogP contribution >= 0.6 is 22.6 Å². The Morgan fingerprint density at radius 3 is 2.27 bits per heavy atom. The van der Waals surface area contributed by atoms with Crippen molar-refractivity contribution in [1.82, 2.24) is 4.98 Å². The lowest BCUT2D eigenvalue weighted by atomic mass is 9.67. The van der Waals surface area contributed by atoms with Crippen molar-refractivity contribution < 1.29 is 14.6 Å². The summed E-state index contributed by atoms with van der Waals surface area (Å²) in [5.74, 6) is 0.562. The molecule has 0 amide bonds. The van der Waals surface area contributed by atoms with Crippen LogP contribution in [0.25, 0.3) is 0 Å². The van der Waals surface area contributed by atoms with Gasteiger partial charge in [0.25, 0.3) is 0 Å². The summed E-state index contributed by atoms with van der Waals surface area (Å²) >= 11 is 2.15. The number of carbonyl (C=O) groups is 1. The second-order valence-corrected chi connectivity index (χ2v) is 8.93. The van der Waals surface area contributed by atoms with Crippen LogP contribution in [0.2, 0.25) is 0 Å². The number of hydrogen-bond donors (Lipinski definition) is 1. The molecule has 0 spiro atoms. The zero-order valence-electron chi connectivity index (χ0n) is 20.5. The van der Waals surface area contributed by atoms with Crippen LogP contribution in [0.15, 0.2) is 36.7 Å². The van der Waals surface area contributed by atoms with Crippen LogP contribution in [0.1, 0.15) is 101 Å². The third-order valence-corrected chi connectivity index (χ3v) is 6.55. The topological polar surface area (TPSA) is 59.4 Å². The molecule has 0 aliphatic carbocycles. The van der Waals surface area contributed by atoms with E-state index in [1.807, 2.05) is 29.2 Å². The largest absolute Gasteiger partial charge is 0.507 e. The quantitative estimate of drug-likeness (QED) is 0.0934. The third-order valence-electron chi connectivity index (χ3n) is 6.55. The molecule has 2 aromatic rings. The number of aromatic nitrogens is 1. The van der Waals surface area contributed by atoms with Gasteiger partial charge in [0.1, 0.15) is 11.5 Å². The molecule has 1 atom stereocenters. The van der Waals surface area contributed by atoms with Gasteiger partial charge in [-0.15, -0.1) is 0 Å². The Kier molecular flexibility index (Phi) is 12.2. The van der Waals surface area contributed by atoms with Gasteiger partial charge in [-0.1, -0.05) is 87.8 Å². The van der Waals surface area contributed by atoms with Crippen molar-refractivity contribution in [3.05, 3.63) is 53.3 Å². The summed E-state index contributed by atoms with van der Waals surface area (Å²) in [7, 11) is 0. The number of alkyl halides is 1. The molecule has 2 heterocycles. The molecule has 1 N–H and O–H groups in total. The summed E-state index contributed by atoms with van der Waals surface area (Å²) in [4.78, 5) is 18.9. The van der Waals surface area contributed by atoms with Gasteiger partial charge in [0.15, 0.2) is 0 Å². The molecule has 33 heavy (non-hydrogen) atoms. The third kappa shape index (κ3) is 7.43. The van der Waals surface area contributed by atoms with Crippen LogP contribution in [-0.2, 0) is 16.6 Å². The number of carbonyl (C=O) groups excluding carboxylic acids is 1. The highest BCUT2D eigenvalue weighted by atomic mass is 127. The van der Waals surface area contributed by atoms with Crippen molar-refractivity contribution in [2.75, 3.05) is 4.93 Å². The molecule has 1 aromatic carbocycles. The summed E-state index contributed by atoms with van der Waals surface area (Å²) in [5, 5.41) is 11.2. The Bertz CT molecular complexity index is 856. The predicted octanol–water partition coefficient (Wildman–Crippen LogP) is 7.92. The molecule has 0 saturated carbocycles. The van der Waals surface area contributed by atoms with Gasteiger partial charge in [-0.3, -0.25) is 9.78 Å². The minimum atomic E-state index is -0.564. The van der Waals surface area contributed by atoms with Gasteiger partial charge < -0.3 is 9.84 Å². The van der Waals surface area contributed by atoms with Gasteiger partial charge >= 0.3 is 5.97 Å². The highest BCUT2D eigenvalue weighted by Gasteiger charge is 2.44. The minimum absolute atomic E-state index is 0.223. The number of rotatable bonds is 12. The lowest BCUT2D eigenvalue weighted by Gasteiger charge is -2.39. The first-order chi connectivity index (χ1) is 16.1. The zero-order valence-corrected chi connectivity index (χ0v) is 22.7. The summed E-state index contributed by atoms with van der Waals surface area (Å²) in [6.45, 7) is 4.41. The van der Waals surface area contributed by atoms with E-state index in [0.29, 0.717) is 5.75 Å². The van der Waals surface area contributed by atoms with Crippen LogP contribution in [0.5, 0.6) is 11.5 Å². The van der Waals surface area contributed by atoms with E-state index < -0.39 is 5.41 Å². The first kappa shape index (κ1) is 27.6. The van der Waals surface area contributed by atoms with Gasteiger partial charge in [0.2, 0.25) is 0 Å². The predicted molar refractivity (Wildman–Crippen MR) is 145 cm³/mol. The van der Waals surface area contributed by atoms with Crippen molar-refractivity contribution >= 4 is 28.6 Å². The van der Waals surface area contributed by atoms with E-state index in [0.717, 1.165) is 55.2 Å². The Balaban J connectivity index is 0.00000187. The summed E-state index contributed by atoms with van der Waals surface area (Å²) in [6, 6.07) is 7.82. The normalized spacial score (nSPS) is 17.0. The first-order valence-corrected chi connectivity index (χ1v) is 14.6. The van der Waals surface area contributed by atoms with Crippen LogP contribution < -0.4 is 4.74 Å². The molecular formula is C28H40INO3. The van der Waals surface area contributed by atoms with Crippen molar-refractivity contribution in [2.24, 2.45) is 0 Å². The fraction of sp³-hybridized carbons (Fsp3) is 0.571. The van der Waals surface area contributed by atoms with E-state index in [1.165, 1.54) is 32.1 Å². The maximum atomic E-state index is 12.7. The van der Waals surface area contributed by atoms with Crippen molar-refractivity contribution in [1.29, 1.82) is 0 Å². The van der Waals surface area contributed by atoms with Gasteiger partial charge in [-0.2, -0.15) is 0 Å². The average molecular weight is 566 g/mol. The smallest absolute Gasteiger partial charge is 0.312 e. The molecule has 0 radical (unpaired) electrons. The van der Waals surface area contributed by atoms with Gasteiger partial charge in [0.05, 0.1) is 6.42 Å². The second kappa shape index (κ2) is 14.6. The SMILES string of the molecule is CCCCCCCc1cc(O)c2c(c1)OC(=O)CC2(CCCCCC)c1ccncc1.CI. The lowest BCUT2D eigenvalue weighted by molar-refractivity contribution is -0.137. The number of aromatic hydroxyl groups is 1. The molecule has 1 aromatic heterocycles. The van der Waals surface area contributed by atoms with E-state index in [1.54, 1.807) is 12.4 Å². The molecular weight excluding hydrogens is 525 g/mol. The maximum Gasteiger partial charge on any atom is 0.312 e. The van der Waals surface area contributed by atoms with E-state index in [2.05, 4.69) is 41.4 Å². The number of hydrogen-bond acceptors (Lipinski definition) is 4. The van der Waals surface area contributed by atoms with Gasteiger partial charge in [0, 0.05) is 23.4 Å². The van der Waals surface area contributed by atoms with Crippen molar-refractivity contribution in [3.8, 4) is 11.5 Å². The van der Waals surface area contributed by atoms with E-state index in [4.69, 9.17) is 4.74 Å². The second-order valence-electron chi connectivity index (χ2n) is 8.93. The number of phenolic OH excluding ortho intramolecular Hbond substituents is 1. The van der Waals surface area contributed by atoms with E-state index >= 15 is 0 Å². The number of benzene rings is 1. The number of unbranched alkanes of at least 4 members (excludes halogenated alkanes) is 7. The van der Waals surface area contributed by atoms with Gasteiger partial charge in [-0.25, -0.2) is 0 Å². The fourth-order valence-corrected chi connectivity index (χ4v) is 4.92. The Morgan fingerprint density at radius 2 is 1.61 bits per heavy atom. The number of fused-ring (bicyclic) bond motifs is 1. The Labute approximate surface area is 213 Å². The van der Waals surface area contributed by atoms with E-state index in [9.17, 15) is 9.90 Å². The van der Waals surface area contributed by atoms with Crippen LogP contribution in [0.4, 0.5) is 0 Å². The molecule has 4 nitrogen and oxygen atoms in total. The molecule has 0 saturated heterocycles. The summed E-state index contributed by atoms with van der Waals surface area (Å²) in [5.41, 5.74) is 2.27. The van der Waals surface area contributed by atoms with Crippen molar-refractivity contribution in [3.63, 3.8) is 0 Å². The van der Waals surface area contributed by atoms with Crippen LogP contribution in [0, 0.1) is 0 Å². The maximum absolute atomic E-state index is 12.7. The molecule has 5 heteroatoms. The Hall–Kier alpha value is -1.63. The number of nitrogens with zero attached hydrogens (tertiary/aromatic N) is 1. The number of esters is 1. The zero-order chi connectivity index (χ0) is 24.1. The molecule has 182 valence electrons. The average Bonchev–Trinajstić information content (AvgIpc) is 2.83. The molecule has 0 bridgehead atoms. The number of phenols is 1. The highest BCUT2D eigenvalue weighted by molar-refractivity contribution is 14.1. The summed E-state index contributed by atoms with van der Waals surface area (Å²) < 4.78 is 5.69. The number of ether oxygens (including phenoxy) is 1. The molecule has 0 fully saturated rings. The molecule has 1 aliphatic rings. The molecule has 1 unspecified atom stereocenters.